The predicted molar refractivity (Wildman–Crippen MR) is 118 cm³/mol. The zero-order chi connectivity index (χ0) is 20.8. The number of aromatic amines is 1. The van der Waals surface area contributed by atoms with Crippen molar-refractivity contribution in [1.29, 1.82) is 0 Å². The SMILES string of the molecule is CN(C)C1CCN(C(=O)C2Cc3cc(Cl)cc(-c4ccnc5[nH]ccc45)c3O2)CC1. The topological polar surface area (TPSA) is 61.5 Å². The van der Waals surface area contributed by atoms with E-state index >= 15 is 0 Å². The molecule has 1 fully saturated rings. The number of hydrogen-bond donors (Lipinski definition) is 1. The largest absolute Gasteiger partial charge is 0.479 e. The normalized spacial score (nSPS) is 19.3. The highest BCUT2D eigenvalue weighted by molar-refractivity contribution is 6.31. The van der Waals surface area contributed by atoms with Gasteiger partial charge in [0.1, 0.15) is 11.4 Å². The molecule has 0 spiro atoms. The smallest absolute Gasteiger partial charge is 0.263 e. The number of aromatic nitrogens is 2. The molecule has 4 heterocycles. The van der Waals surface area contributed by atoms with E-state index in [0.29, 0.717) is 17.5 Å². The summed E-state index contributed by atoms with van der Waals surface area (Å²) in [6, 6.07) is 8.33. The van der Waals surface area contributed by atoms with Crippen molar-refractivity contribution in [3.8, 4) is 16.9 Å². The molecule has 30 heavy (non-hydrogen) atoms. The number of pyridine rings is 1. The van der Waals surface area contributed by atoms with E-state index in [-0.39, 0.29) is 5.91 Å². The van der Waals surface area contributed by atoms with Gasteiger partial charge in [-0.15, -0.1) is 0 Å². The van der Waals surface area contributed by atoms with Crippen LogP contribution in [0.25, 0.3) is 22.2 Å². The molecule has 1 aromatic carbocycles. The number of rotatable bonds is 3. The first kappa shape index (κ1) is 19.4. The second kappa shape index (κ2) is 7.60. The summed E-state index contributed by atoms with van der Waals surface area (Å²) in [7, 11) is 4.20. The van der Waals surface area contributed by atoms with Gasteiger partial charge in [0.25, 0.3) is 5.91 Å². The van der Waals surface area contributed by atoms with Crippen LogP contribution in [0.4, 0.5) is 0 Å². The third-order valence-electron chi connectivity index (χ3n) is 6.33. The Morgan fingerprint density at radius 1 is 1.23 bits per heavy atom. The lowest BCUT2D eigenvalue weighted by molar-refractivity contribution is -0.139. The van der Waals surface area contributed by atoms with E-state index in [2.05, 4.69) is 29.0 Å². The highest BCUT2D eigenvalue weighted by Crippen LogP contribution is 2.43. The fraction of sp³-hybridized carbons (Fsp3) is 0.391. The fourth-order valence-corrected chi connectivity index (χ4v) is 4.91. The molecule has 1 N–H and O–H groups in total. The molecule has 7 heteroatoms. The molecule has 6 nitrogen and oxygen atoms in total. The number of carbonyl (C=O) groups excluding carboxylic acids is 1. The average Bonchev–Trinajstić information content (AvgIpc) is 3.39. The summed E-state index contributed by atoms with van der Waals surface area (Å²) in [5.41, 5.74) is 3.71. The highest BCUT2D eigenvalue weighted by Gasteiger charge is 2.36. The first-order valence-corrected chi connectivity index (χ1v) is 10.8. The van der Waals surface area contributed by atoms with Gasteiger partial charge >= 0.3 is 0 Å². The number of halogens is 1. The van der Waals surface area contributed by atoms with Crippen molar-refractivity contribution < 1.29 is 9.53 Å². The lowest BCUT2D eigenvalue weighted by Gasteiger charge is -2.36. The van der Waals surface area contributed by atoms with Crippen LogP contribution in [0, 0.1) is 0 Å². The van der Waals surface area contributed by atoms with Crippen molar-refractivity contribution >= 4 is 28.5 Å². The second-order valence-corrected chi connectivity index (χ2v) is 8.81. The molecular formula is C23H25ClN4O2. The third kappa shape index (κ3) is 3.34. The second-order valence-electron chi connectivity index (χ2n) is 8.37. The number of nitrogens with one attached hydrogen (secondary N) is 1. The number of fused-ring (bicyclic) bond motifs is 2. The number of carbonyl (C=O) groups is 1. The van der Waals surface area contributed by atoms with Crippen LogP contribution in [0.15, 0.2) is 36.7 Å². The molecular weight excluding hydrogens is 400 g/mol. The van der Waals surface area contributed by atoms with E-state index in [4.69, 9.17) is 16.3 Å². The van der Waals surface area contributed by atoms with Crippen molar-refractivity contribution in [1.82, 2.24) is 19.8 Å². The molecule has 0 bridgehead atoms. The molecule has 2 aromatic heterocycles. The van der Waals surface area contributed by atoms with Gasteiger partial charge in [-0.2, -0.15) is 0 Å². The highest BCUT2D eigenvalue weighted by atomic mass is 35.5. The van der Waals surface area contributed by atoms with Gasteiger partial charge in [0.2, 0.25) is 0 Å². The Hall–Kier alpha value is -2.57. The van der Waals surface area contributed by atoms with Crippen LogP contribution in [0.5, 0.6) is 5.75 Å². The quantitative estimate of drug-likeness (QED) is 0.695. The summed E-state index contributed by atoms with van der Waals surface area (Å²) < 4.78 is 6.27. The van der Waals surface area contributed by atoms with Gasteiger partial charge < -0.3 is 19.5 Å². The molecule has 2 aliphatic rings. The van der Waals surface area contributed by atoms with E-state index in [1.54, 1.807) is 6.20 Å². The lowest BCUT2D eigenvalue weighted by Crippen LogP contribution is -2.48. The fourth-order valence-electron chi connectivity index (χ4n) is 4.66. The van der Waals surface area contributed by atoms with Gasteiger partial charge in [0, 0.05) is 59.5 Å². The molecule has 156 valence electrons. The van der Waals surface area contributed by atoms with Crippen LogP contribution in [0.1, 0.15) is 18.4 Å². The van der Waals surface area contributed by atoms with Gasteiger partial charge in [0.05, 0.1) is 0 Å². The van der Waals surface area contributed by atoms with E-state index in [1.165, 1.54) is 0 Å². The average molecular weight is 425 g/mol. The number of likely N-dealkylation sites (tertiary alicyclic amines) is 1. The van der Waals surface area contributed by atoms with Crippen LogP contribution in [0.2, 0.25) is 5.02 Å². The summed E-state index contributed by atoms with van der Waals surface area (Å²) >= 11 is 6.45. The van der Waals surface area contributed by atoms with Crippen molar-refractivity contribution in [3.63, 3.8) is 0 Å². The van der Waals surface area contributed by atoms with E-state index in [9.17, 15) is 4.79 Å². The van der Waals surface area contributed by atoms with E-state index in [1.807, 2.05) is 35.4 Å². The van der Waals surface area contributed by atoms with Crippen LogP contribution in [0.3, 0.4) is 0 Å². The predicted octanol–water partition coefficient (Wildman–Crippen LogP) is 3.74. The monoisotopic (exact) mass is 424 g/mol. The summed E-state index contributed by atoms with van der Waals surface area (Å²) in [4.78, 5) is 24.9. The first-order valence-electron chi connectivity index (χ1n) is 10.4. The number of ether oxygens (including phenoxy) is 1. The Bertz CT molecular complexity index is 1100. The summed E-state index contributed by atoms with van der Waals surface area (Å²) in [5.74, 6) is 0.835. The molecule has 0 aliphatic carbocycles. The van der Waals surface area contributed by atoms with Gasteiger partial charge in [-0.3, -0.25) is 4.79 Å². The molecule has 1 amide bonds. The number of H-pyrrole nitrogens is 1. The zero-order valence-corrected chi connectivity index (χ0v) is 17.9. The van der Waals surface area contributed by atoms with Crippen LogP contribution in [-0.2, 0) is 11.2 Å². The van der Waals surface area contributed by atoms with Crippen LogP contribution >= 0.6 is 11.6 Å². The Kier molecular flexibility index (Phi) is 4.91. The molecule has 5 rings (SSSR count). The number of nitrogens with zero attached hydrogens (tertiary/aromatic N) is 3. The number of benzene rings is 1. The van der Waals surface area contributed by atoms with Crippen LogP contribution < -0.4 is 4.74 Å². The standard InChI is InChI=1S/C23H25ClN4O2/c1-27(2)16-5-9-28(10-6-16)23(29)20-12-14-11-15(24)13-19(21(14)30-20)17-3-7-25-22-18(17)4-8-26-22/h3-4,7-8,11,13,16,20H,5-6,9-10,12H2,1-2H3,(H,25,26). The minimum atomic E-state index is -0.489. The summed E-state index contributed by atoms with van der Waals surface area (Å²) in [6.45, 7) is 1.56. The Morgan fingerprint density at radius 3 is 2.80 bits per heavy atom. The molecule has 1 atom stereocenters. The van der Waals surface area contributed by atoms with Crippen molar-refractivity contribution in [2.24, 2.45) is 0 Å². The molecule has 2 aliphatic heterocycles. The summed E-state index contributed by atoms with van der Waals surface area (Å²) in [5, 5.41) is 1.65. The zero-order valence-electron chi connectivity index (χ0n) is 17.2. The minimum Gasteiger partial charge on any atom is -0.479 e. The third-order valence-corrected chi connectivity index (χ3v) is 6.55. The van der Waals surface area contributed by atoms with Crippen LogP contribution in [-0.4, -0.2) is 65.0 Å². The number of piperidine rings is 1. The minimum absolute atomic E-state index is 0.0759. The molecule has 3 aromatic rings. The maximum atomic E-state index is 13.2. The maximum absolute atomic E-state index is 13.2. The first-order chi connectivity index (χ1) is 14.5. The van der Waals surface area contributed by atoms with Gasteiger partial charge in [0.15, 0.2) is 6.10 Å². The Morgan fingerprint density at radius 2 is 2.03 bits per heavy atom. The molecule has 1 unspecified atom stereocenters. The van der Waals surface area contributed by atoms with Gasteiger partial charge in [-0.25, -0.2) is 4.98 Å². The van der Waals surface area contributed by atoms with Crippen molar-refractivity contribution in [3.05, 3.63) is 47.2 Å². The Balaban J connectivity index is 1.42. The molecule has 0 radical (unpaired) electrons. The molecule has 1 saturated heterocycles. The number of amides is 1. The Labute approximate surface area is 180 Å². The number of hydrogen-bond acceptors (Lipinski definition) is 4. The maximum Gasteiger partial charge on any atom is 0.263 e. The van der Waals surface area contributed by atoms with Gasteiger partial charge in [-0.05, 0) is 56.8 Å². The molecule has 0 saturated carbocycles. The van der Waals surface area contributed by atoms with Gasteiger partial charge in [-0.1, -0.05) is 11.6 Å². The van der Waals surface area contributed by atoms with E-state index < -0.39 is 6.10 Å². The van der Waals surface area contributed by atoms with Crippen molar-refractivity contribution in [2.75, 3.05) is 27.2 Å². The lowest BCUT2D eigenvalue weighted by atomic mass is 9.99. The van der Waals surface area contributed by atoms with Crippen molar-refractivity contribution in [2.45, 2.75) is 31.4 Å². The summed E-state index contributed by atoms with van der Waals surface area (Å²) in [6.07, 6.45) is 5.70. The van der Waals surface area contributed by atoms with E-state index in [0.717, 1.165) is 59.4 Å².